The Hall–Kier alpha value is -2.69. The first-order valence-electron chi connectivity index (χ1n) is 8.02. The molecule has 0 saturated heterocycles. The van der Waals surface area contributed by atoms with Crippen molar-refractivity contribution in [3.63, 3.8) is 0 Å². The van der Waals surface area contributed by atoms with E-state index in [1.165, 1.54) is 17.0 Å². The van der Waals surface area contributed by atoms with E-state index in [2.05, 4.69) is 22.4 Å². The molecular weight excluding hydrogens is 299 g/mol. The lowest BCUT2D eigenvalue weighted by Gasteiger charge is -2.07. The number of nitrogens with one attached hydrogen (secondary N) is 2. The lowest BCUT2D eigenvalue weighted by Crippen LogP contribution is -2.23. The Labute approximate surface area is 142 Å². The molecule has 24 heavy (non-hydrogen) atoms. The van der Waals surface area contributed by atoms with E-state index in [1.54, 1.807) is 12.1 Å². The summed E-state index contributed by atoms with van der Waals surface area (Å²) in [6.45, 7) is 0.413. The Morgan fingerprint density at radius 2 is 2.04 bits per heavy atom. The van der Waals surface area contributed by atoms with Crippen LogP contribution >= 0.6 is 0 Å². The van der Waals surface area contributed by atoms with E-state index in [0.29, 0.717) is 18.4 Å². The third-order valence-corrected chi connectivity index (χ3v) is 4.11. The fraction of sp³-hybridized carbons (Fsp3) is 0.211. The van der Waals surface area contributed by atoms with Crippen LogP contribution in [0.15, 0.2) is 48.7 Å². The maximum absolute atomic E-state index is 12.0. The molecule has 1 heterocycles. The van der Waals surface area contributed by atoms with Crippen LogP contribution in [0.2, 0.25) is 0 Å². The number of H-pyrrole nitrogens is 1. The third kappa shape index (κ3) is 3.80. The molecule has 1 aromatic heterocycles. The third-order valence-electron chi connectivity index (χ3n) is 4.11. The van der Waals surface area contributed by atoms with Gasteiger partial charge < -0.3 is 15.4 Å². The van der Waals surface area contributed by atoms with Crippen LogP contribution in [-0.2, 0) is 17.8 Å². The van der Waals surface area contributed by atoms with E-state index in [9.17, 15) is 9.90 Å². The SMILES string of the molecule is [B]c1cc(CNC(=O)CCCc2c[nH]c3ccccc23)ccc1O. The summed E-state index contributed by atoms with van der Waals surface area (Å²) in [6.07, 6.45) is 4.16. The van der Waals surface area contributed by atoms with Gasteiger partial charge in [-0.3, -0.25) is 4.79 Å². The summed E-state index contributed by atoms with van der Waals surface area (Å²) in [5.41, 5.74) is 3.56. The summed E-state index contributed by atoms with van der Waals surface area (Å²) in [5.74, 6) is 0.0743. The molecule has 0 aliphatic carbocycles. The quantitative estimate of drug-likeness (QED) is 0.611. The van der Waals surface area contributed by atoms with Gasteiger partial charge in [0.2, 0.25) is 5.91 Å². The van der Waals surface area contributed by atoms with Gasteiger partial charge >= 0.3 is 0 Å². The zero-order valence-electron chi connectivity index (χ0n) is 13.4. The molecule has 5 heteroatoms. The summed E-state index contributed by atoms with van der Waals surface area (Å²) >= 11 is 0. The van der Waals surface area contributed by atoms with Gasteiger partial charge in [0.15, 0.2) is 0 Å². The van der Waals surface area contributed by atoms with Crippen molar-refractivity contribution in [2.24, 2.45) is 0 Å². The molecule has 0 bridgehead atoms. The molecule has 0 aliphatic heterocycles. The summed E-state index contributed by atoms with van der Waals surface area (Å²) in [6, 6.07) is 13.1. The summed E-state index contributed by atoms with van der Waals surface area (Å²) in [4.78, 5) is 15.2. The molecule has 0 aliphatic rings. The average molecular weight is 318 g/mol. The van der Waals surface area contributed by atoms with Crippen molar-refractivity contribution in [3.8, 4) is 5.75 Å². The van der Waals surface area contributed by atoms with Crippen molar-refractivity contribution in [2.45, 2.75) is 25.8 Å². The number of rotatable bonds is 6. The highest BCUT2D eigenvalue weighted by Crippen LogP contribution is 2.19. The zero-order valence-corrected chi connectivity index (χ0v) is 13.4. The lowest BCUT2D eigenvalue weighted by molar-refractivity contribution is -0.121. The number of para-hydroxylation sites is 1. The zero-order chi connectivity index (χ0) is 16.9. The van der Waals surface area contributed by atoms with Crippen LogP contribution in [0.25, 0.3) is 10.9 Å². The highest BCUT2D eigenvalue weighted by atomic mass is 16.3. The Balaban J connectivity index is 1.46. The maximum Gasteiger partial charge on any atom is 0.220 e. The molecular formula is C19H19BN2O2. The van der Waals surface area contributed by atoms with Gasteiger partial charge in [-0.15, -0.1) is 0 Å². The number of aryl methyl sites for hydroxylation is 1. The molecule has 1 amide bonds. The van der Waals surface area contributed by atoms with Crippen LogP contribution < -0.4 is 10.8 Å². The van der Waals surface area contributed by atoms with Gasteiger partial charge in [-0.05, 0) is 36.1 Å². The second kappa shape index (κ2) is 7.26. The van der Waals surface area contributed by atoms with E-state index >= 15 is 0 Å². The highest BCUT2D eigenvalue weighted by molar-refractivity contribution is 6.34. The molecule has 0 saturated carbocycles. The highest BCUT2D eigenvalue weighted by Gasteiger charge is 2.06. The van der Waals surface area contributed by atoms with Gasteiger partial charge in [-0.2, -0.15) is 0 Å². The molecule has 0 fully saturated rings. The number of aromatic nitrogens is 1. The van der Waals surface area contributed by atoms with E-state index in [4.69, 9.17) is 7.85 Å². The summed E-state index contributed by atoms with van der Waals surface area (Å²) < 4.78 is 0. The van der Waals surface area contributed by atoms with Crippen LogP contribution in [0.1, 0.15) is 24.0 Å². The first kappa shape index (κ1) is 16.2. The standard InChI is InChI=1S/C19H19BN2O2/c20-16-10-13(8-9-18(16)23)11-22-19(24)7-3-4-14-12-21-17-6-2-1-5-15(14)17/h1-2,5-6,8-10,12,21,23H,3-4,7,11H2,(H,22,24). The van der Waals surface area contributed by atoms with Crippen molar-refractivity contribution < 1.29 is 9.90 Å². The van der Waals surface area contributed by atoms with Crippen molar-refractivity contribution in [1.82, 2.24) is 10.3 Å². The molecule has 0 atom stereocenters. The van der Waals surface area contributed by atoms with E-state index < -0.39 is 0 Å². The molecule has 120 valence electrons. The topological polar surface area (TPSA) is 65.1 Å². The van der Waals surface area contributed by atoms with Gasteiger partial charge in [-0.25, -0.2) is 0 Å². The molecule has 3 aromatic rings. The molecule has 0 unspecified atom stereocenters. The first-order valence-corrected chi connectivity index (χ1v) is 8.02. The Kier molecular flexibility index (Phi) is 4.89. The fourth-order valence-corrected chi connectivity index (χ4v) is 2.78. The molecule has 2 radical (unpaired) electrons. The molecule has 0 spiro atoms. The van der Waals surface area contributed by atoms with Crippen LogP contribution in [0.3, 0.4) is 0 Å². The van der Waals surface area contributed by atoms with Gasteiger partial charge in [0.05, 0.1) is 0 Å². The number of aromatic hydroxyl groups is 1. The fourth-order valence-electron chi connectivity index (χ4n) is 2.78. The number of carbonyl (C=O) groups excluding carboxylic acids is 1. The smallest absolute Gasteiger partial charge is 0.220 e. The van der Waals surface area contributed by atoms with Gasteiger partial charge in [0.1, 0.15) is 13.6 Å². The van der Waals surface area contributed by atoms with Gasteiger partial charge in [-0.1, -0.05) is 35.8 Å². The van der Waals surface area contributed by atoms with E-state index in [-0.39, 0.29) is 11.7 Å². The summed E-state index contributed by atoms with van der Waals surface area (Å²) in [5, 5.41) is 13.5. The number of phenolic OH excluding ortho intramolecular Hbond substituents is 1. The largest absolute Gasteiger partial charge is 0.509 e. The summed E-state index contributed by atoms with van der Waals surface area (Å²) in [7, 11) is 5.64. The van der Waals surface area contributed by atoms with Gasteiger partial charge in [0.25, 0.3) is 0 Å². The number of hydrogen-bond donors (Lipinski definition) is 3. The predicted molar refractivity (Wildman–Crippen MR) is 96.6 cm³/mol. The van der Waals surface area contributed by atoms with Crippen LogP contribution in [-0.4, -0.2) is 23.8 Å². The Morgan fingerprint density at radius 3 is 2.88 bits per heavy atom. The number of carbonyl (C=O) groups is 1. The van der Waals surface area contributed by atoms with Crippen LogP contribution in [0.4, 0.5) is 0 Å². The van der Waals surface area contributed by atoms with Crippen molar-refractivity contribution in [3.05, 3.63) is 59.8 Å². The monoisotopic (exact) mass is 318 g/mol. The van der Waals surface area contributed by atoms with Crippen LogP contribution in [0.5, 0.6) is 5.75 Å². The van der Waals surface area contributed by atoms with Crippen molar-refractivity contribution >= 4 is 30.1 Å². The number of hydrogen-bond acceptors (Lipinski definition) is 2. The number of benzene rings is 2. The number of amides is 1. The molecule has 4 nitrogen and oxygen atoms in total. The second-order valence-corrected chi connectivity index (χ2v) is 5.88. The maximum atomic E-state index is 12.0. The van der Waals surface area contributed by atoms with Crippen LogP contribution in [0, 0.1) is 0 Å². The predicted octanol–water partition coefficient (Wildman–Crippen LogP) is 2.31. The van der Waals surface area contributed by atoms with Crippen molar-refractivity contribution in [2.75, 3.05) is 0 Å². The second-order valence-electron chi connectivity index (χ2n) is 5.88. The minimum atomic E-state index is 0.0153. The number of fused-ring (bicyclic) bond motifs is 1. The van der Waals surface area contributed by atoms with E-state index in [0.717, 1.165) is 23.9 Å². The van der Waals surface area contributed by atoms with E-state index in [1.807, 2.05) is 18.3 Å². The first-order chi connectivity index (χ1) is 11.6. The minimum Gasteiger partial charge on any atom is -0.509 e. The molecule has 3 rings (SSSR count). The van der Waals surface area contributed by atoms with Gasteiger partial charge in [0, 0.05) is 30.1 Å². The van der Waals surface area contributed by atoms with Crippen molar-refractivity contribution in [1.29, 1.82) is 0 Å². The molecule has 3 N–H and O–H groups in total. The number of phenols is 1. The molecule has 2 aromatic carbocycles. The Bertz CT molecular complexity index is 857. The Morgan fingerprint density at radius 1 is 1.21 bits per heavy atom. The number of aromatic amines is 1. The lowest BCUT2D eigenvalue weighted by atomic mass is 9.93. The minimum absolute atomic E-state index is 0.0153. The average Bonchev–Trinajstić information content (AvgIpc) is 2.99. The normalized spacial score (nSPS) is 10.8.